The summed E-state index contributed by atoms with van der Waals surface area (Å²) in [6.07, 6.45) is 0. The Labute approximate surface area is 112 Å². The maximum atomic E-state index is 11.0. The molecule has 19 heavy (non-hydrogen) atoms. The van der Waals surface area contributed by atoms with Crippen molar-refractivity contribution in [3.8, 4) is 11.3 Å². The molecule has 0 spiro atoms. The molecule has 1 aromatic heterocycles. The zero-order valence-electron chi connectivity index (χ0n) is 11.9. The van der Waals surface area contributed by atoms with Gasteiger partial charge in [-0.15, -0.1) is 0 Å². The van der Waals surface area contributed by atoms with Crippen LogP contribution in [0.2, 0.25) is 0 Å². The Morgan fingerprint density at radius 2 is 1.63 bits per heavy atom. The van der Waals surface area contributed by atoms with Gasteiger partial charge in [0.2, 0.25) is 0 Å². The van der Waals surface area contributed by atoms with Gasteiger partial charge in [0.25, 0.3) is 0 Å². The highest BCUT2D eigenvalue weighted by Gasteiger charge is 2.17. The standard InChI is InChI=1S/C15H18N2O2/c1-8-6-9(2)11(4)14(10(8)3)13-7-12(15(18)19)16-17(13)5/h6-7H,1-5H3,(H,18,19). The van der Waals surface area contributed by atoms with Gasteiger partial charge in [0.15, 0.2) is 5.69 Å². The van der Waals surface area contributed by atoms with Crippen molar-refractivity contribution < 1.29 is 9.90 Å². The Kier molecular flexibility index (Phi) is 3.18. The summed E-state index contributed by atoms with van der Waals surface area (Å²) in [4.78, 5) is 11.0. The molecule has 2 rings (SSSR count). The molecule has 0 bridgehead atoms. The van der Waals surface area contributed by atoms with Crippen LogP contribution in [0.1, 0.15) is 32.7 Å². The number of hydrogen-bond donors (Lipinski definition) is 1. The number of carboxylic acids is 1. The van der Waals surface area contributed by atoms with Crippen LogP contribution >= 0.6 is 0 Å². The fraction of sp³-hybridized carbons (Fsp3) is 0.333. The molecule has 0 fully saturated rings. The summed E-state index contributed by atoms with van der Waals surface area (Å²) >= 11 is 0. The van der Waals surface area contributed by atoms with E-state index in [2.05, 4.69) is 38.9 Å². The minimum absolute atomic E-state index is 0.0791. The smallest absolute Gasteiger partial charge is 0.356 e. The molecular weight excluding hydrogens is 240 g/mol. The molecule has 2 aromatic rings. The van der Waals surface area contributed by atoms with Crippen molar-refractivity contribution in [1.29, 1.82) is 0 Å². The van der Waals surface area contributed by atoms with Crippen LogP contribution < -0.4 is 0 Å². The van der Waals surface area contributed by atoms with Crippen molar-refractivity contribution in [2.45, 2.75) is 27.7 Å². The van der Waals surface area contributed by atoms with Crippen LogP contribution in [-0.4, -0.2) is 20.9 Å². The second-order valence-corrected chi connectivity index (χ2v) is 4.98. The molecule has 1 N–H and O–H groups in total. The van der Waals surface area contributed by atoms with E-state index in [-0.39, 0.29) is 5.69 Å². The van der Waals surface area contributed by atoms with E-state index in [0.717, 1.165) is 11.3 Å². The predicted octanol–water partition coefficient (Wildman–Crippen LogP) is 3.02. The minimum atomic E-state index is -0.999. The van der Waals surface area contributed by atoms with Crippen molar-refractivity contribution in [2.24, 2.45) is 7.05 Å². The van der Waals surface area contributed by atoms with E-state index in [0.29, 0.717) is 0 Å². The second kappa shape index (κ2) is 4.53. The Morgan fingerprint density at radius 1 is 1.11 bits per heavy atom. The topological polar surface area (TPSA) is 55.1 Å². The maximum Gasteiger partial charge on any atom is 0.356 e. The third kappa shape index (κ3) is 2.14. The molecule has 0 atom stereocenters. The molecule has 0 amide bonds. The van der Waals surface area contributed by atoms with Crippen LogP contribution in [0.25, 0.3) is 11.3 Å². The Balaban J connectivity index is 2.75. The van der Waals surface area contributed by atoms with E-state index in [1.807, 2.05) is 0 Å². The summed E-state index contributed by atoms with van der Waals surface area (Å²) in [6, 6.07) is 3.79. The number of carbonyl (C=O) groups is 1. The summed E-state index contributed by atoms with van der Waals surface area (Å²) in [7, 11) is 1.78. The van der Waals surface area contributed by atoms with Crippen LogP contribution in [0.15, 0.2) is 12.1 Å². The van der Waals surface area contributed by atoms with Crippen LogP contribution in [0.4, 0.5) is 0 Å². The molecule has 0 unspecified atom stereocenters. The molecule has 4 nitrogen and oxygen atoms in total. The highest BCUT2D eigenvalue weighted by molar-refractivity contribution is 5.87. The van der Waals surface area contributed by atoms with Crippen molar-refractivity contribution in [1.82, 2.24) is 9.78 Å². The zero-order valence-corrected chi connectivity index (χ0v) is 11.9. The van der Waals surface area contributed by atoms with Gasteiger partial charge in [0.05, 0.1) is 5.69 Å². The molecule has 1 aromatic carbocycles. The molecule has 4 heteroatoms. The van der Waals surface area contributed by atoms with Crippen molar-refractivity contribution in [3.63, 3.8) is 0 Å². The lowest BCUT2D eigenvalue weighted by molar-refractivity contribution is 0.0689. The molecule has 0 aliphatic heterocycles. The molecule has 1 heterocycles. The predicted molar refractivity (Wildman–Crippen MR) is 74.6 cm³/mol. The van der Waals surface area contributed by atoms with Crippen LogP contribution in [0.5, 0.6) is 0 Å². The Bertz CT molecular complexity index is 643. The highest BCUT2D eigenvalue weighted by Crippen LogP contribution is 2.31. The third-order valence-corrected chi connectivity index (χ3v) is 3.72. The van der Waals surface area contributed by atoms with E-state index in [9.17, 15) is 4.79 Å². The van der Waals surface area contributed by atoms with Gasteiger partial charge in [0, 0.05) is 12.6 Å². The highest BCUT2D eigenvalue weighted by atomic mass is 16.4. The summed E-state index contributed by atoms with van der Waals surface area (Å²) in [5.41, 5.74) is 6.76. The van der Waals surface area contributed by atoms with Gasteiger partial charge in [-0.3, -0.25) is 4.68 Å². The summed E-state index contributed by atoms with van der Waals surface area (Å²) in [6.45, 7) is 8.26. The van der Waals surface area contributed by atoms with Crippen molar-refractivity contribution in [2.75, 3.05) is 0 Å². The van der Waals surface area contributed by atoms with Gasteiger partial charge in [0.1, 0.15) is 0 Å². The maximum absolute atomic E-state index is 11.0. The lowest BCUT2D eigenvalue weighted by atomic mass is 9.92. The Hall–Kier alpha value is -2.10. The number of aromatic carboxylic acids is 1. The largest absolute Gasteiger partial charge is 0.476 e. The number of aromatic nitrogens is 2. The monoisotopic (exact) mass is 258 g/mol. The molecule has 0 aliphatic carbocycles. The molecule has 0 aliphatic rings. The Morgan fingerprint density at radius 3 is 2.05 bits per heavy atom. The van der Waals surface area contributed by atoms with Gasteiger partial charge in [-0.2, -0.15) is 5.10 Å². The summed E-state index contributed by atoms with van der Waals surface area (Å²) < 4.78 is 1.64. The fourth-order valence-electron chi connectivity index (χ4n) is 2.41. The fourth-order valence-corrected chi connectivity index (χ4v) is 2.41. The van der Waals surface area contributed by atoms with Gasteiger partial charge >= 0.3 is 5.97 Å². The third-order valence-electron chi connectivity index (χ3n) is 3.72. The number of benzene rings is 1. The molecule has 0 saturated heterocycles. The van der Waals surface area contributed by atoms with E-state index in [4.69, 9.17) is 5.11 Å². The summed E-state index contributed by atoms with van der Waals surface area (Å²) in [5, 5.41) is 13.1. The number of rotatable bonds is 2. The number of carboxylic acid groups (broad SMARTS) is 1. The first-order valence-electron chi connectivity index (χ1n) is 6.18. The van der Waals surface area contributed by atoms with E-state index < -0.39 is 5.97 Å². The van der Waals surface area contributed by atoms with Crippen molar-refractivity contribution >= 4 is 5.97 Å². The van der Waals surface area contributed by atoms with Gasteiger partial charge in [-0.1, -0.05) is 6.07 Å². The van der Waals surface area contributed by atoms with E-state index in [1.54, 1.807) is 17.8 Å². The van der Waals surface area contributed by atoms with Gasteiger partial charge < -0.3 is 5.11 Å². The van der Waals surface area contributed by atoms with E-state index >= 15 is 0 Å². The average Bonchev–Trinajstić information content (AvgIpc) is 2.70. The first-order chi connectivity index (χ1) is 8.82. The SMILES string of the molecule is Cc1cc(C)c(C)c(-c2cc(C(=O)O)nn2C)c1C. The van der Waals surface area contributed by atoms with Crippen LogP contribution in [0.3, 0.4) is 0 Å². The minimum Gasteiger partial charge on any atom is -0.476 e. The molecular formula is C15H18N2O2. The van der Waals surface area contributed by atoms with Crippen LogP contribution in [-0.2, 0) is 7.05 Å². The second-order valence-electron chi connectivity index (χ2n) is 4.98. The lowest BCUT2D eigenvalue weighted by Gasteiger charge is -2.15. The van der Waals surface area contributed by atoms with Gasteiger partial charge in [-0.25, -0.2) is 4.79 Å². The number of nitrogens with zero attached hydrogens (tertiary/aromatic N) is 2. The first kappa shape index (κ1) is 13.3. The van der Waals surface area contributed by atoms with E-state index in [1.165, 1.54) is 22.3 Å². The molecule has 100 valence electrons. The van der Waals surface area contributed by atoms with Gasteiger partial charge in [-0.05, 0) is 56.0 Å². The first-order valence-corrected chi connectivity index (χ1v) is 6.18. The zero-order chi connectivity index (χ0) is 14.3. The molecule has 0 radical (unpaired) electrons. The normalized spacial score (nSPS) is 10.8. The quantitative estimate of drug-likeness (QED) is 0.900. The number of aryl methyl sites for hydroxylation is 3. The summed E-state index contributed by atoms with van der Waals surface area (Å²) in [5.74, 6) is -0.999. The average molecular weight is 258 g/mol. The number of hydrogen-bond acceptors (Lipinski definition) is 2. The van der Waals surface area contributed by atoms with Crippen molar-refractivity contribution in [3.05, 3.63) is 40.1 Å². The van der Waals surface area contributed by atoms with Crippen LogP contribution in [0, 0.1) is 27.7 Å². The lowest BCUT2D eigenvalue weighted by Crippen LogP contribution is -2.01. The molecule has 0 saturated carbocycles.